The van der Waals surface area contributed by atoms with Gasteiger partial charge in [-0.25, -0.2) is 0 Å². The minimum Gasteiger partial charge on any atom is -0.489 e. The molecule has 0 unspecified atom stereocenters. The van der Waals surface area contributed by atoms with Gasteiger partial charge in [-0.2, -0.15) is 0 Å². The first kappa shape index (κ1) is 22.9. The van der Waals surface area contributed by atoms with Gasteiger partial charge in [0.1, 0.15) is 12.4 Å². The third kappa shape index (κ3) is 6.88. The van der Waals surface area contributed by atoms with E-state index in [2.05, 4.69) is 23.5 Å². The van der Waals surface area contributed by atoms with Gasteiger partial charge in [-0.15, -0.1) is 12.4 Å². The van der Waals surface area contributed by atoms with Crippen LogP contribution < -0.4 is 10.1 Å². The summed E-state index contributed by atoms with van der Waals surface area (Å²) in [5.74, 6) is 0.850. The highest BCUT2D eigenvalue weighted by Crippen LogP contribution is 2.24. The van der Waals surface area contributed by atoms with E-state index in [1.165, 1.54) is 5.56 Å². The summed E-state index contributed by atoms with van der Waals surface area (Å²) in [6, 6.07) is 21.4. The third-order valence-electron chi connectivity index (χ3n) is 4.19. The summed E-state index contributed by atoms with van der Waals surface area (Å²) in [5.41, 5.74) is 3.28. The summed E-state index contributed by atoms with van der Waals surface area (Å²) in [6.07, 6.45) is 0.945. The Labute approximate surface area is 187 Å². The number of hydrogen-bond donors (Lipinski definition) is 1. The Morgan fingerprint density at radius 1 is 0.786 bits per heavy atom. The molecular formula is C22H21Cl4NO. The Bertz CT molecular complexity index is 884. The third-order valence-corrected chi connectivity index (χ3v) is 5.03. The van der Waals surface area contributed by atoms with Crippen LogP contribution in [0.1, 0.15) is 16.7 Å². The van der Waals surface area contributed by atoms with Crippen LogP contribution in [0.2, 0.25) is 15.1 Å². The molecule has 0 aromatic heterocycles. The highest BCUT2D eigenvalue weighted by Gasteiger charge is 2.06. The van der Waals surface area contributed by atoms with Crippen molar-refractivity contribution >= 4 is 47.2 Å². The molecule has 3 rings (SSSR count). The van der Waals surface area contributed by atoms with Gasteiger partial charge in [-0.3, -0.25) is 0 Å². The maximum atomic E-state index is 6.22. The second kappa shape index (κ2) is 11.5. The van der Waals surface area contributed by atoms with E-state index >= 15 is 0 Å². The van der Waals surface area contributed by atoms with Crippen molar-refractivity contribution in [3.63, 3.8) is 0 Å². The fourth-order valence-electron chi connectivity index (χ4n) is 2.69. The lowest BCUT2D eigenvalue weighted by Crippen LogP contribution is -2.17. The molecule has 3 aromatic carbocycles. The molecule has 28 heavy (non-hydrogen) atoms. The lowest BCUT2D eigenvalue weighted by atomic mass is 10.1. The van der Waals surface area contributed by atoms with E-state index in [-0.39, 0.29) is 12.4 Å². The molecule has 0 amide bonds. The van der Waals surface area contributed by atoms with Gasteiger partial charge in [-0.05, 0) is 48.9 Å². The number of para-hydroxylation sites is 1. The zero-order chi connectivity index (χ0) is 19.1. The lowest BCUT2D eigenvalue weighted by Gasteiger charge is -2.13. The summed E-state index contributed by atoms with van der Waals surface area (Å²) in [5, 5.41) is 5.46. The molecule has 6 heteroatoms. The smallest absolute Gasteiger partial charge is 0.124 e. The second-order valence-corrected chi connectivity index (χ2v) is 7.47. The Kier molecular flexibility index (Phi) is 9.43. The van der Waals surface area contributed by atoms with Crippen LogP contribution in [-0.2, 0) is 19.6 Å². The molecule has 2 nitrogen and oxygen atoms in total. The molecule has 0 spiro atoms. The monoisotopic (exact) mass is 455 g/mol. The predicted molar refractivity (Wildman–Crippen MR) is 121 cm³/mol. The first-order valence-corrected chi connectivity index (χ1v) is 9.85. The van der Waals surface area contributed by atoms with Gasteiger partial charge in [0.05, 0.1) is 0 Å². The molecular weight excluding hydrogens is 436 g/mol. The van der Waals surface area contributed by atoms with Crippen LogP contribution >= 0.6 is 47.2 Å². The van der Waals surface area contributed by atoms with Gasteiger partial charge >= 0.3 is 0 Å². The molecule has 0 aliphatic rings. The second-order valence-electron chi connectivity index (χ2n) is 6.19. The van der Waals surface area contributed by atoms with Gasteiger partial charge in [0.15, 0.2) is 0 Å². The standard InChI is InChI=1S/C22H20Cl3NO.ClH/c23-19-8-5-16(6-9-19)11-12-26-14-17-3-1-2-4-22(17)27-15-18-7-10-20(24)13-21(18)25;/h1-10,13,26H,11-12,14-15H2;1H. The fraction of sp³-hybridized carbons (Fsp3) is 0.182. The molecule has 0 radical (unpaired) electrons. The summed E-state index contributed by atoms with van der Waals surface area (Å²) in [4.78, 5) is 0. The van der Waals surface area contributed by atoms with Crippen LogP contribution in [0.4, 0.5) is 0 Å². The number of hydrogen-bond acceptors (Lipinski definition) is 2. The Balaban J connectivity index is 0.00000280. The summed E-state index contributed by atoms with van der Waals surface area (Å²) >= 11 is 18.1. The van der Waals surface area contributed by atoms with E-state index in [0.717, 1.165) is 41.4 Å². The molecule has 3 aromatic rings. The number of ether oxygens (including phenoxy) is 1. The average molecular weight is 457 g/mol. The van der Waals surface area contributed by atoms with Gasteiger partial charge in [-0.1, -0.05) is 71.2 Å². The van der Waals surface area contributed by atoms with Crippen LogP contribution in [0.15, 0.2) is 66.7 Å². The summed E-state index contributed by atoms with van der Waals surface area (Å²) < 4.78 is 5.99. The van der Waals surface area contributed by atoms with E-state index < -0.39 is 0 Å². The van der Waals surface area contributed by atoms with Crippen molar-refractivity contribution in [1.29, 1.82) is 0 Å². The van der Waals surface area contributed by atoms with Gasteiger partial charge in [0.25, 0.3) is 0 Å². The van der Waals surface area contributed by atoms with Crippen molar-refractivity contribution in [3.05, 3.63) is 98.5 Å². The van der Waals surface area contributed by atoms with E-state index in [0.29, 0.717) is 16.7 Å². The zero-order valence-corrected chi connectivity index (χ0v) is 18.2. The quantitative estimate of drug-likeness (QED) is 0.369. The molecule has 0 heterocycles. The maximum absolute atomic E-state index is 6.22. The lowest BCUT2D eigenvalue weighted by molar-refractivity contribution is 0.302. The molecule has 0 saturated heterocycles. The Morgan fingerprint density at radius 3 is 2.25 bits per heavy atom. The normalized spacial score (nSPS) is 10.4. The van der Waals surface area contributed by atoms with Crippen LogP contribution in [0.5, 0.6) is 5.75 Å². The molecule has 0 saturated carbocycles. The fourth-order valence-corrected chi connectivity index (χ4v) is 3.28. The van der Waals surface area contributed by atoms with Crippen molar-refractivity contribution in [3.8, 4) is 5.75 Å². The van der Waals surface area contributed by atoms with Crippen LogP contribution in [0.25, 0.3) is 0 Å². The number of nitrogens with one attached hydrogen (secondary N) is 1. The molecule has 0 aliphatic heterocycles. The van der Waals surface area contributed by atoms with Crippen molar-refractivity contribution in [2.75, 3.05) is 6.54 Å². The van der Waals surface area contributed by atoms with Crippen LogP contribution in [0.3, 0.4) is 0 Å². The van der Waals surface area contributed by atoms with Gasteiger partial charge in [0, 0.05) is 32.7 Å². The number of benzene rings is 3. The van der Waals surface area contributed by atoms with Gasteiger partial charge < -0.3 is 10.1 Å². The summed E-state index contributed by atoms with van der Waals surface area (Å²) in [7, 11) is 0. The van der Waals surface area contributed by atoms with Gasteiger partial charge in [0.2, 0.25) is 0 Å². The first-order chi connectivity index (χ1) is 13.1. The number of rotatable bonds is 8. The average Bonchev–Trinajstić information content (AvgIpc) is 2.67. The minimum absolute atomic E-state index is 0. The van der Waals surface area contributed by atoms with Crippen LogP contribution in [0, 0.1) is 0 Å². The van der Waals surface area contributed by atoms with E-state index in [4.69, 9.17) is 39.5 Å². The van der Waals surface area contributed by atoms with E-state index in [1.54, 1.807) is 6.07 Å². The predicted octanol–water partition coefficient (Wildman–Crippen LogP) is 6.98. The van der Waals surface area contributed by atoms with Crippen LogP contribution in [-0.4, -0.2) is 6.54 Å². The Hall–Kier alpha value is -1.42. The maximum Gasteiger partial charge on any atom is 0.124 e. The SMILES string of the molecule is Cl.Clc1ccc(CCNCc2ccccc2OCc2ccc(Cl)cc2Cl)cc1. The topological polar surface area (TPSA) is 21.3 Å². The highest BCUT2D eigenvalue weighted by molar-refractivity contribution is 6.35. The first-order valence-electron chi connectivity index (χ1n) is 8.71. The molecule has 0 atom stereocenters. The highest BCUT2D eigenvalue weighted by atomic mass is 35.5. The van der Waals surface area contributed by atoms with Crippen molar-refractivity contribution in [2.45, 2.75) is 19.6 Å². The zero-order valence-electron chi connectivity index (χ0n) is 15.1. The largest absolute Gasteiger partial charge is 0.489 e. The number of halogens is 4. The molecule has 0 fully saturated rings. The summed E-state index contributed by atoms with van der Waals surface area (Å²) in [6.45, 7) is 2.01. The van der Waals surface area contributed by atoms with Crippen molar-refractivity contribution < 1.29 is 4.74 Å². The molecule has 0 aliphatic carbocycles. The van der Waals surface area contributed by atoms with E-state index in [9.17, 15) is 0 Å². The minimum atomic E-state index is 0. The Morgan fingerprint density at radius 2 is 1.50 bits per heavy atom. The molecule has 1 N–H and O–H groups in total. The molecule has 148 valence electrons. The van der Waals surface area contributed by atoms with Crippen molar-refractivity contribution in [2.24, 2.45) is 0 Å². The van der Waals surface area contributed by atoms with Crippen molar-refractivity contribution in [1.82, 2.24) is 5.32 Å². The van der Waals surface area contributed by atoms with E-state index in [1.807, 2.05) is 42.5 Å². The molecule has 0 bridgehead atoms.